The number of aliphatic imine (C=N–C) groups is 1. The maximum atomic E-state index is 14.9. The van der Waals surface area contributed by atoms with Crippen molar-refractivity contribution in [3.8, 4) is 11.3 Å². The van der Waals surface area contributed by atoms with Crippen molar-refractivity contribution in [3.63, 3.8) is 0 Å². The number of thiazole rings is 1. The highest BCUT2D eigenvalue weighted by Gasteiger charge is 2.57. The number of hydrogen-bond donors (Lipinski definition) is 4. The molecule has 1 fully saturated rings. The highest BCUT2D eigenvalue weighted by Crippen LogP contribution is 2.46. The maximum absolute atomic E-state index is 14.9. The SMILES string of the molecule is CCNC(=O)NC1(C2CNCCC2(C)C(=O)O)N=CC=CN1c1cc(-c2ncccc2F)c2scnc2c1. The van der Waals surface area contributed by atoms with Gasteiger partial charge in [-0.2, -0.15) is 0 Å². The van der Waals surface area contributed by atoms with Gasteiger partial charge in [0.1, 0.15) is 11.5 Å². The summed E-state index contributed by atoms with van der Waals surface area (Å²) >= 11 is 1.37. The third-order valence-electron chi connectivity index (χ3n) is 7.22. The average Bonchev–Trinajstić information content (AvgIpc) is 3.38. The predicted octanol–water partition coefficient (Wildman–Crippen LogP) is 3.58. The Morgan fingerprint density at radius 3 is 2.95 bits per heavy atom. The summed E-state index contributed by atoms with van der Waals surface area (Å²) in [5.74, 6) is -3.66. The molecule has 10 nitrogen and oxygen atoms in total. The molecule has 4 N–H and O–H groups in total. The van der Waals surface area contributed by atoms with Crippen LogP contribution in [0.4, 0.5) is 14.9 Å². The van der Waals surface area contributed by atoms with Crippen LogP contribution < -0.4 is 20.9 Å². The molecule has 2 aliphatic rings. The number of amides is 2. The second-order valence-corrected chi connectivity index (χ2v) is 10.3. The number of nitrogens with zero attached hydrogens (tertiary/aromatic N) is 4. The van der Waals surface area contributed by atoms with E-state index in [2.05, 4.69) is 25.9 Å². The highest BCUT2D eigenvalue weighted by molar-refractivity contribution is 7.17. The summed E-state index contributed by atoms with van der Waals surface area (Å²) in [5.41, 5.74) is 2.33. The van der Waals surface area contributed by atoms with Gasteiger partial charge in [0.2, 0.25) is 5.79 Å². The lowest BCUT2D eigenvalue weighted by Gasteiger charge is -2.52. The molecule has 0 saturated carbocycles. The van der Waals surface area contributed by atoms with Gasteiger partial charge in [0.25, 0.3) is 0 Å². The Kier molecular flexibility index (Phi) is 6.84. The molecule has 3 unspecified atom stereocenters. The van der Waals surface area contributed by atoms with Crippen molar-refractivity contribution in [2.24, 2.45) is 16.3 Å². The van der Waals surface area contributed by atoms with Gasteiger partial charge in [0.05, 0.1) is 27.1 Å². The minimum atomic E-state index is -1.52. The number of anilines is 1. The van der Waals surface area contributed by atoms with E-state index in [4.69, 9.17) is 4.99 Å². The van der Waals surface area contributed by atoms with E-state index in [1.165, 1.54) is 29.7 Å². The van der Waals surface area contributed by atoms with Gasteiger partial charge in [0.15, 0.2) is 0 Å². The molecular weight excluding hydrogens is 509 g/mol. The molecule has 2 aliphatic heterocycles. The van der Waals surface area contributed by atoms with Crippen molar-refractivity contribution in [2.45, 2.75) is 26.1 Å². The maximum Gasteiger partial charge on any atom is 0.318 e. The number of pyridine rings is 1. The number of aromatic nitrogens is 2. The van der Waals surface area contributed by atoms with Gasteiger partial charge in [-0.1, -0.05) is 0 Å². The fraction of sp³-hybridized carbons (Fsp3) is 0.346. The number of allylic oxidation sites excluding steroid dienone is 1. The molecule has 198 valence electrons. The van der Waals surface area contributed by atoms with Crippen LogP contribution in [0.3, 0.4) is 0 Å². The van der Waals surface area contributed by atoms with Crippen LogP contribution in [0.15, 0.2) is 53.2 Å². The van der Waals surface area contributed by atoms with Gasteiger partial charge >= 0.3 is 12.0 Å². The summed E-state index contributed by atoms with van der Waals surface area (Å²) in [4.78, 5) is 40.9. The molecule has 5 rings (SSSR count). The third-order valence-corrected chi connectivity index (χ3v) is 8.09. The summed E-state index contributed by atoms with van der Waals surface area (Å²) in [6, 6.07) is 5.98. The molecule has 2 aromatic heterocycles. The lowest BCUT2D eigenvalue weighted by molar-refractivity contribution is -0.155. The molecule has 3 atom stereocenters. The topological polar surface area (TPSA) is 132 Å². The number of carboxylic acids is 1. The Morgan fingerprint density at radius 2 is 2.18 bits per heavy atom. The molecule has 3 aromatic rings. The van der Waals surface area contributed by atoms with Gasteiger partial charge in [-0.3, -0.25) is 15.1 Å². The number of piperidine rings is 1. The summed E-state index contributed by atoms with van der Waals surface area (Å²) in [6.07, 6.45) is 6.87. The van der Waals surface area contributed by atoms with Gasteiger partial charge in [-0.05, 0) is 57.2 Å². The van der Waals surface area contributed by atoms with E-state index in [1.54, 1.807) is 48.8 Å². The monoisotopic (exact) mass is 537 g/mol. The molecule has 4 heterocycles. The fourth-order valence-electron chi connectivity index (χ4n) is 5.24. The van der Waals surface area contributed by atoms with Gasteiger partial charge in [-0.25, -0.2) is 19.2 Å². The minimum absolute atomic E-state index is 0.171. The molecule has 0 spiro atoms. The zero-order valence-electron chi connectivity index (χ0n) is 20.9. The Balaban J connectivity index is 1.73. The number of hydrogen-bond acceptors (Lipinski definition) is 8. The van der Waals surface area contributed by atoms with E-state index in [0.717, 1.165) is 4.70 Å². The first-order valence-corrected chi connectivity index (χ1v) is 13.2. The predicted molar refractivity (Wildman–Crippen MR) is 145 cm³/mol. The lowest BCUT2D eigenvalue weighted by Crippen LogP contribution is -2.71. The van der Waals surface area contributed by atoms with Crippen molar-refractivity contribution < 1.29 is 19.1 Å². The van der Waals surface area contributed by atoms with Crippen LogP contribution in [0.2, 0.25) is 0 Å². The van der Waals surface area contributed by atoms with E-state index in [-0.39, 0.29) is 12.2 Å². The molecule has 0 radical (unpaired) electrons. The third kappa shape index (κ3) is 4.29. The number of carbonyl (C=O) groups excluding carboxylic acids is 1. The lowest BCUT2D eigenvalue weighted by atomic mass is 9.68. The Labute approximate surface area is 222 Å². The van der Waals surface area contributed by atoms with E-state index in [0.29, 0.717) is 36.3 Å². The van der Waals surface area contributed by atoms with E-state index in [9.17, 15) is 19.1 Å². The van der Waals surface area contributed by atoms with Crippen LogP contribution >= 0.6 is 11.3 Å². The second-order valence-electron chi connectivity index (χ2n) is 9.46. The first kappa shape index (κ1) is 25.7. The zero-order chi connectivity index (χ0) is 26.9. The quantitative estimate of drug-likeness (QED) is 0.378. The number of nitrogens with one attached hydrogen (secondary N) is 3. The Hall–Kier alpha value is -3.90. The summed E-state index contributed by atoms with van der Waals surface area (Å²) in [7, 11) is 0. The van der Waals surface area contributed by atoms with Crippen LogP contribution in [-0.2, 0) is 4.79 Å². The number of carboxylic acid groups (broad SMARTS) is 1. The molecule has 12 heteroatoms. The van der Waals surface area contributed by atoms with Gasteiger partial charge < -0.3 is 20.6 Å². The van der Waals surface area contributed by atoms with Crippen molar-refractivity contribution in [2.75, 3.05) is 24.5 Å². The fourth-order valence-corrected chi connectivity index (χ4v) is 6.03. The number of aliphatic carboxylic acids is 1. The molecule has 1 saturated heterocycles. The van der Waals surface area contributed by atoms with Crippen LogP contribution in [-0.4, -0.2) is 58.7 Å². The molecular formula is C26H28FN7O3S. The van der Waals surface area contributed by atoms with Crippen molar-refractivity contribution in [3.05, 3.63) is 54.1 Å². The number of benzene rings is 1. The number of carbonyl (C=O) groups is 2. The number of urea groups is 1. The van der Waals surface area contributed by atoms with E-state index < -0.39 is 34.9 Å². The Bertz CT molecular complexity index is 1440. The summed E-state index contributed by atoms with van der Waals surface area (Å²) in [5, 5.41) is 19.4. The van der Waals surface area contributed by atoms with Crippen molar-refractivity contribution >= 4 is 45.5 Å². The molecule has 38 heavy (non-hydrogen) atoms. The Morgan fingerprint density at radius 1 is 1.34 bits per heavy atom. The summed E-state index contributed by atoms with van der Waals surface area (Å²) in [6.45, 7) is 4.66. The van der Waals surface area contributed by atoms with Crippen LogP contribution in [0.25, 0.3) is 21.5 Å². The largest absolute Gasteiger partial charge is 0.481 e. The first-order valence-electron chi connectivity index (χ1n) is 12.3. The molecule has 1 aromatic carbocycles. The second kappa shape index (κ2) is 10.1. The van der Waals surface area contributed by atoms with Crippen LogP contribution in [0, 0.1) is 17.2 Å². The number of halogens is 1. The van der Waals surface area contributed by atoms with Gasteiger partial charge in [-0.15, -0.1) is 11.3 Å². The molecule has 0 aliphatic carbocycles. The normalized spacial score (nSPS) is 24.9. The smallest absolute Gasteiger partial charge is 0.318 e. The molecule has 2 amide bonds. The number of fused-ring (bicyclic) bond motifs is 1. The minimum Gasteiger partial charge on any atom is -0.481 e. The molecule has 0 bridgehead atoms. The van der Waals surface area contributed by atoms with E-state index >= 15 is 0 Å². The van der Waals surface area contributed by atoms with Crippen LogP contribution in [0.5, 0.6) is 0 Å². The number of rotatable bonds is 6. The van der Waals surface area contributed by atoms with E-state index in [1.807, 2.05) is 6.07 Å². The highest BCUT2D eigenvalue weighted by atomic mass is 32.1. The van der Waals surface area contributed by atoms with Crippen molar-refractivity contribution in [1.29, 1.82) is 0 Å². The summed E-state index contributed by atoms with van der Waals surface area (Å²) < 4.78 is 15.7. The zero-order valence-corrected chi connectivity index (χ0v) is 21.8. The van der Waals surface area contributed by atoms with Crippen LogP contribution in [0.1, 0.15) is 20.3 Å². The first-order chi connectivity index (χ1) is 18.3. The standard InChI is InChI=1S/C26H28FN7O3S/c1-3-29-24(37)33-26(20-14-28-10-7-25(20,2)23(35)36)32-9-5-11-34(26)16-12-17(21-18(27)6-4-8-30-21)22-19(13-16)31-15-38-22/h4-6,8-9,11-13,15,20,28H,3,7,10,14H2,1-2H3,(H,35,36)(H2,29,33,37). The average molecular weight is 538 g/mol. The van der Waals surface area contributed by atoms with Crippen molar-refractivity contribution in [1.82, 2.24) is 25.9 Å². The van der Waals surface area contributed by atoms with Gasteiger partial charge in [0, 0.05) is 43.0 Å².